The Balaban J connectivity index is 2.42. The van der Waals surface area contributed by atoms with Crippen LogP contribution in [0.4, 0.5) is 0 Å². The van der Waals surface area contributed by atoms with Crippen LogP contribution in [0.2, 0.25) is 0 Å². The molecule has 0 fully saturated rings. The number of carbonyl (C=O) groups is 1. The molecule has 0 saturated heterocycles. The Kier molecular flexibility index (Phi) is 6.92. The summed E-state index contributed by atoms with van der Waals surface area (Å²) in [5, 5.41) is 5.75. The molecule has 0 aromatic carbocycles. The molecule has 1 heterocycles. The van der Waals surface area contributed by atoms with Gasteiger partial charge in [0.1, 0.15) is 5.01 Å². The Hall–Kier alpha value is -0.260. The van der Waals surface area contributed by atoms with Crippen molar-refractivity contribution in [1.82, 2.24) is 10.3 Å². The number of nitrogens with zero attached hydrogens (tertiary/aromatic N) is 1. The number of thioether (sulfide) groups is 1. The Bertz CT molecular complexity index is 357. The predicted octanol–water partition coefficient (Wildman–Crippen LogP) is 2.68. The lowest BCUT2D eigenvalue weighted by Gasteiger charge is -2.14. The molecule has 17 heavy (non-hydrogen) atoms. The second kappa shape index (κ2) is 7.95. The summed E-state index contributed by atoms with van der Waals surface area (Å²) in [4.78, 5) is 16.0. The first kappa shape index (κ1) is 14.8. The molecule has 1 unspecified atom stereocenters. The number of carbonyl (C=O) groups excluding carboxylic acids is 1. The van der Waals surface area contributed by atoms with E-state index in [9.17, 15) is 4.79 Å². The standard InChI is InChI=1S/C11H17ClN2OS2/c1-3-8(6-16-2)13-10(15)4-11-14-9(5-12)7-17-11/h7-8H,3-6H2,1-2H3,(H,13,15). The van der Waals surface area contributed by atoms with E-state index in [1.807, 2.05) is 11.6 Å². The molecule has 1 rings (SSSR count). The molecule has 0 radical (unpaired) electrons. The van der Waals surface area contributed by atoms with Crippen LogP contribution in [0.1, 0.15) is 24.0 Å². The molecule has 0 spiro atoms. The summed E-state index contributed by atoms with van der Waals surface area (Å²) >= 11 is 8.90. The number of aromatic nitrogens is 1. The van der Waals surface area contributed by atoms with E-state index in [0.717, 1.165) is 22.9 Å². The quantitative estimate of drug-likeness (QED) is 0.786. The molecular weight excluding hydrogens is 276 g/mol. The summed E-state index contributed by atoms with van der Waals surface area (Å²) in [5.41, 5.74) is 0.843. The minimum Gasteiger partial charge on any atom is -0.352 e. The van der Waals surface area contributed by atoms with Gasteiger partial charge in [-0.3, -0.25) is 4.79 Å². The highest BCUT2D eigenvalue weighted by molar-refractivity contribution is 7.98. The molecule has 1 aromatic heterocycles. The Labute approximate surface area is 115 Å². The first-order chi connectivity index (χ1) is 8.19. The van der Waals surface area contributed by atoms with E-state index >= 15 is 0 Å². The monoisotopic (exact) mass is 292 g/mol. The van der Waals surface area contributed by atoms with E-state index < -0.39 is 0 Å². The molecule has 6 heteroatoms. The van der Waals surface area contributed by atoms with Gasteiger partial charge in [-0.25, -0.2) is 4.98 Å². The summed E-state index contributed by atoms with van der Waals surface area (Å²) in [6.07, 6.45) is 3.35. The molecular formula is C11H17ClN2OS2. The van der Waals surface area contributed by atoms with Gasteiger partial charge in [0.25, 0.3) is 0 Å². The fourth-order valence-corrected chi connectivity index (χ4v) is 3.11. The van der Waals surface area contributed by atoms with Crippen molar-refractivity contribution in [1.29, 1.82) is 0 Å². The lowest BCUT2D eigenvalue weighted by molar-refractivity contribution is -0.121. The van der Waals surface area contributed by atoms with Crippen LogP contribution < -0.4 is 5.32 Å². The van der Waals surface area contributed by atoms with Gasteiger partial charge >= 0.3 is 0 Å². The zero-order valence-corrected chi connectivity index (χ0v) is 12.4. The number of halogens is 1. The first-order valence-corrected chi connectivity index (χ1v) is 8.27. The van der Waals surface area contributed by atoms with Gasteiger partial charge in [0.05, 0.1) is 18.0 Å². The van der Waals surface area contributed by atoms with Crippen LogP contribution in [0.15, 0.2) is 5.38 Å². The lowest BCUT2D eigenvalue weighted by Crippen LogP contribution is -2.37. The van der Waals surface area contributed by atoms with E-state index in [4.69, 9.17) is 11.6 Å². The molecule has 0 saturated carbocycles. The van der Waals surface area contributed by atoms with Crippen molar-refractivity contribution < 1.29 is 4.79 Å². The molecule has 0 aliphatic rings. The summed E-state index contributed by atoms with van der Waals surface area (Å²) in [6.45, 7) is 2.08. The third kappa shape index (κ3) is 5.27. The van der Waals surface area contributed by atoms with Gasteiger partial charge in [-0.2, -0.15) is 11.8 Å². The van der Waals surface area contributed by atoms with Gasteiger partial charge in [0, 0.05) is 17.2 Å². The highest BCUT2D eigenvalue weighted by Gasteiger charge is 2.12. The number of hydrogen-bond donors (Lipinski definition) is 1. The summed E-state index contributed by atoms with van der Waals surface area (Å²) < 4.78 is 0. The lowest BCUT2D eigenvalue weighted by atomic mass is 10.2. The molecule has 96 valence electrons. The minimum absolute atomic E-state index is 0.0429. The second-order valence-corrected chi connectivity index (χ2v) is 5.79. The number of nitrogens with one attached hydrogen (secondary N) is 1. The third-order valence-corrected chi connectivity index (χ3v) is 4.18. The average Bonchev–Trinajstić information content (AvgIpc) is 2.76. The van der Waals surface area contributed by atoms with Crippen molar-refractivity contribution >= 4 is 40.6 Å². The summed E-state index contributed by atoms with van der Waals surface area (Å²) in [5.74, 6) is 1.40. The van der Waals surface area contributed by atoms with Crippen molar-refractivity contribution in [3.8, 4) is 0 Å². The van der Waals surface area contributed by atoms with Crippen molar-refractivity contribution in [3.63, 3.8) is 0 Å². The smallest absolute Gasteiger partial charge is 0.227 e. The van der Waals surface area contributed by atoms with Crippen LogP contribution in [-0.4, -0.2) is 28.9 Å². The van der Waals surface area contributed by atoms with Crippen molar-refractivity contribution in [2.45, 2.75) is 31.7 Å². The van der Waals surface area contributed by atoms with Crippen LogP contribution in [0.3, 0.4) is 0 Å². The normalized spacial score (nSPS) is 12.4. The molecule has 0 aliphatic heterocycles. The highest BCUT2D eigenvalue weighted by Crippen LogP contribution is 2.12. The van der Waals surface area contributed by atoms with Crippen molar-refractivity contribution in [2.24, 2.45) is 0 Å². The molecule has 1 aromatic rings. The number of alkyl halides is 1. The second-order valence-electron chi connectivity index (χ2n) is 3.67. The molecule has 3 nitrogen and oxygen atoms in total. The van der Waals surface area contributed by atoms with E-state index in [1.54, 1.807) is 11.8 Å². The molecule has 0 aliphatic carbocycles. The maximum atomic E-state index is 11.8. The Morgan fingerprint density at radius 2 is 2.47 bits per heavy atom. The zero-order valence-electron chi connectivity index (χ0n) is 10.0. The van der Waals surface area contributed by atoms with E-state index in [1.165, 1.54) is 11.3 Å². The van der Waals surface area contributed by atoms with Gasteiger partial charge in [-0.15, -0.1) is 22.9 Å². The van der Waals surface area contributed by atoms with Gasteiger partial charge in [-0.05, 0) is 12.7 Å². The summed E-state index contributed by atoms with van der Waals surface area (Å²) in [6, 6.07) is 0.255. The Morgan fingerprint density at radius 3 is 3.00 bits per heavy atom. The van der Waals surface area contributed by atoms with Gasteiger partial charge in [0.2, 0.25) is 5.91 Å². The van der Waals surface area contributed by atoms with E-state index in [2.05, 4.69) is 17.2 Å². The molecule has 1 N–H and O–H groups in total. The molecule has 1 amide bonds. The fraction of sp³-hybridized carbons (Fsp3) is 0.636. The number of thiazole rings is 1. The first-order valence-electron chi connectivity index (χ1n) is 5.47. The minimum atomic E-state index is 0.0429. The van der Waals surface area contributed by atoms with Crippen molar-refractivity contribution in [3.05, 3.63) is 16.1 Å². The molecule has 0 bridgehead atoms. The third-order valence-electron chi connectivity index (χ3n) is 2.27. The topological polar surface area (TPSA) is 42.0 Å². The van der Waals surface area contributed by atoms with Crippen molar-refractivity contribution in [2.75, 3.05) is 12.0 Å². The predicted molar refractivity (Wildman–Crippen MR) is 76.0 cm³/mol. The number of hydrogen-bond acceptors (Lipinski definition) is 4. The van der Waals surface area contributed by atoms with E-state index in [0.29, 0.717) is 12.3 Å². The maximum Gasteiger partial charge on any atom is 0.227 e. The van der Waals surface area contributed by atoms with Crippen LogP contribution in [0.5, 0.6) is 0 Å². The highest BCUT2D eigenvalue weighted by atomic mass is 35.5. The maximum absolute atomic E-state index is 11.8. The SMILES string of the molecule is CCC(CSC)NC(=O)Cc1nc(CCl)cs1. The van der Waals surface area contributed by atoms with Gasteiger partial charge in [0.15, 0.2) is 0 Å². The average molecular weight is 293 g/mol. The van der Waals surface area contributed by atoms with Crippen LogP contribution in [0.25, 0.3) is 0 Å². The van der Waals surface area contributed by atoms with Gasteiger partial charge in [-0.1, -0.05) is 6.92 Å². The molecule has 1 atom stereocenters. The van der Waals surface area contributed by atoms with Crippen LogP contribution >= 0.6 is 34.7 Å². The Morgan fingerprint density at radius 1 is 1.71 bits per heavy atom. The van der Waals surface area contributed by atoms with E-state index in [-0.39, 0.29) is 11.9 Å². The van der Waals surface area contributed by atoms with Crippen LogP contribution in [0, 0.1) is 0 Å². The summed E-state index contributed by atoms with van der Waals surface area (Å²) in [7, 11) is 0. The fourth-order valence-electron chi connectivity index (χ4n) is 1.37. The largest absolute Gasteiger partial charge is 0.352 e. The zero-order chi connectivity index (χ0) is 12.7. The van der Waals surface area contributed by atoms with Gasteiger partial charge < -0.3 is 5.32 Å². The van der Waals surface area contributed by atoms with Crippen LogP contribution in [-0.2, 0) is 17.1 Å². The number of amides is 1. The number of rotatable bonds is 7.